The normalized spacial score (nSPS) is 11.1. The third-order valence-corrected chi connectivity index (χ3v) is 10.6. The molecule has 0 unspecified atom stereocenters. The smallest absolute Gasteiger partial charge is 0.167 e. The molecule has 0 aliphatic carbocycles. The Balaban J connectivity index is 1.08. The molecule has 8 aromatic carbocycles. The van der Waals surface area contributed by atoms with Crippen molar-refractivity contribution in [1.82, 2.24) is 29.9 Å². The number of rotatable bonds is 9. The summed E-state index contributed by atoms with van der Waals surface area (Å²) >= 11 is 0. The van der Waals surface area contributed by atoms with Crippen LogP contribution < -0.4 is 0 Å². The molecule has 294 valence electrons. The molecule has 0 bridgehead atoms. The van der Waals surface area contributed by atoms with Crippen LogP contribution in [-0.2, 0) is 0 Å². The summed E-state index contributed by atoms with van der Waals surface area (Å²) in [5.74, 6) is 1.29. The Labute approximate surface area is 357 Å². The Morgan fingerprint density at radius 3 is 0.774 bits per heavy atom. The third-order valence-electron chi connectivity index (χ3n) is 10.6. The first-order valence-corrected chi connectivity index (χ1v) is 20.1. The van der Waals surface area contributed by atoms with Crippen molar-refractivity contribution in [2.24, 2.45) is 0 Å². The Morgan fingerprint density at radius 1 is 0.210 bits per heavy atom. The van der Waals surface area contributed by atoms with E-state index in [1.54, 1.807) is 24.3 Å². The van der Waals surface area contributed by atoms with Crippen LogP contribution in [0.5, 0.6) is 0 Å². The van der Waals surface area contributed by atoms with Crippen molar-refractivity contribution < 1.29 is 8.78 Å². The molecule has 0 amide bonds. The van der Waals surface area contributed by atoms with E-state index in [0.29, 0.717) is 23.3 Å². The van der Waals surface area contributed by atoms with E-state index in [2.05, 4.69) is 0 Å². The highest BCUT2D eigenvalue weighted by molar-refractivity contribution is 5.93. The van der Waals surface area contributed by atoms with Crippen LogP contribution in [-0.4, -0.2) is 29.9 Å². The number of hydrogen-bond acceptors (Lipinski definition) is 6. The largest absolute Gasteiger partial charge is 0.208 e. The minimum Gasteiger partial charge on any atom is -0.208 e. The number of benzene rings is 8. The first-order chi connectivity index (χ1) is 30.6. The Hall–Kier alpha value is -8.36. The van der Waals surface area contributed by atoms with E-state index < -0.39 is 11.6 Å². The standard InChI is InChI=1S/C54H34F2N6/c55-47-31-29-39(33-45(47)53-59-49(35-17-5-1-6-18-35)57-50(60-53)36-19-7-2-8-20-36)41-25-13-15-27-43(41)44-28-16-14-26-42(44)40-30-32-48(56)46(34-40)54-61-51(37-21-9-3-10-22-37)58-52(62-54)38-23-11-4-12-24-38/h1-34H. The predicted octanol–water partition coefficient (Wildman–Crippen LogP) is 13.3. The molecule has 2 heterocycles. The van der Waals surface area contributed by atoms with Gasteiger partial charge in [-0.05, 0) is 57.6 Å². The van der Waals surface area contributed by atoms with Gasteiger partial charge in [0.25, 0.3) is 0 Å². The molecule has 0 aliphatic rings. The molecule has 0 N–H and O–H groups in total. The quantitative estimate of drug-likeness (QED) is 0.145. The molecule has 8 heteroatoms. The predicted molar refractivity (Wildman–Crippen MR) is 242 cm³/mol. The molecule has 0 saturated heterocycles. The van der Waals surface area contributed by atoms with Gasteiger partial charge >= 0.3 is 0 Å². The lowest BCUT2D eigenvalue weighted by molar-refractivity contribution is 0.629. The van der Waals surface area contributed by atoms with Crippen molar-refractivity contribution in [3.8, 4) is 102 Å². The second-order valence-electron chi connectivity index (χ2n) is 14.6. The van der Waals surface area contributed by atoms with Gasteiger partial charge in [-0.25, -0.2) is 38.7 Å². The van der Waals surface area contributed by atoms with Crippen molar-refractivity contribution in [3.05, 3.63) is 218 Å². The van der Waals surface area contributed by atoms with Crippen molar-refractivity contribution in [2.75, 3.05) is 0 Å². The lowest BCUT2D eigenvalue weighted by Gasteiger charge is -2.16. The van der Waals surface area contributed by atoms with E-state index in [0.717, 1.165) is 55.6 Å². The van der Waals surface area contributed by atoms with E-state index >= 15 is 8.78 Å². The highest BCUT2D eigenvalue weighted by Gasteiger charge is 2.20. The first kappa shape index (κ1) is 37.9. The molecule has 0 aliphatic heterocycles. The number of halogens is 2. The average molecular weight is 805 g/mol. The summed E-state index contributed by atoms with van der Waals surface area (Å²) in [7, 11) is 0. The average Bonchev–Trinajstić information content (AvgIpc) is 3.35. The maximum atomic E-state index is 16.1. The van der Waals surface area contributed by atoms with Crippen LogP contribution in [0.15, 0.2) is 206 Å². The lowest BCUT2D eigenvalue weighted by Crippen LogP contribution is -2.01. The topological polar surface area (TPSA) is 77.3 Å². The van der Waals surface area contributed by atoms with E-state index in [-0.39, 0.29) is 22.8 Å². The summed E-state index contributed by atoms with van der Waals surface area (Å²) in [5.41, 5.74) is 8.70. The molecule has 2 aromatic heterocycles. The Morgan fingerprint density at radius 2 is 0.468 bits per heavy atom. The van der Waals surface area contributed by atoms with Gasteiger partial charge in [0.2, 0.25) is 0 Å². The van der Waals surface area contributed by atoms with E-state index in [1.807, 2.05) is 170 Å². The SMILES string of the molecule is Fc1ccc(-c2ccccc2-c2ccccc2-c2ccc(F)c(-c3nc(-c4ccccc4)nc(-c4ccccc4)n3)c2)cc1-c1nc(-c2ccccc2)nc(-c2ccccc2)n1. The lowest BCUT2D eigenvalue weighted by atomic mass is 9.88. The maximum absolute atomic E-state index is 16.1. The van der Waals surface area contributed by atoms with Crippen molar-refractivity contribution in [3.63, 3.8) is 0 Å². The number of nitrogens with zero attached hydrogens (tertiary/aromatic N) is 6. The second-order valence-corrected chi connectivity index (χ2v) is 14.6. The van der Waals surface area contributed by atoms with E-state index in [1.165, 1.54) is 12.1 Å². The van der Waals surface area contributed by atoms with Gasteiger partial charge in [-0.1, -0.05) is 182 Å². The molecular formula is C54H34F2N6. The molecule has 0 atom stereocenters. The van der Waals surface area contributed by atoms with Gasteiger partial charge in [0.15, 0.2) is 34.9 Å². The fourth-order valence-corrected chi connectivity index (χ4v) is 7.53. The molecule has 10 aromatic rings. The van der Waals surface area contributed by atoms with Crippen LogP contribution in [0.3, 0.4) is 0 Å². The van der Waals surface area contributed by atoms with Crippen molar-refractivity contribution >= 4 is 0 Å². The first-order valence-electron chi connectivity index (χ1n) is 20.1. The van der Waals surface area contributed by atoms with Crippen LogP contribution in [0.2, 0.25) is 0 Å². The molecule has 10 rings (SSSR count). The maximum Gasteiger partial charge on any atom is 0.167 e. The summed E-state index contributed by atoms with van der Waals surface area (Å²) < 4.78 is 32.1. The van der Waals surface area contributed by atoms with E-state index in [9.17, 15) is 0 Å². The fourth-order valence-electron chi connectivity index (χ4n) is 7.53. The third kappa shape index (κ3) is 7.64. The fraction of sp³-hybridized carbons (Fsp3) is 0. The van der Waals surface area contributed by atoms with Gasteiger partial charge in [-0.3, -0.25) is 0 Å². The van der Waals surface area contributed by atoms with Crippen LogP contribution >= 0.6 is 0 Å². The van der Waals surface area contributed by atoms with Crippen molar-refractivity contribution in [2.45, 2.75) is 0 Å². The van der Waals surface area contributed by atoms with Crippen LogP contribution in [0, 0.1) is 11.6 Å². The summed E-state index contributed by atoms with van der Waals surface area (Å²) in [6.07, 6.45) is 0. The van der Waals surface area contributed by atoms with Gasteiger partial charge in [0.1, 0.15) is 11.6 Å². The van der Waals surface area contributed by atoms with E-state index in [4.69, 9.17) is 29.9 Å². The molecule has 0 spiro atoms. The monoisotopic (exact) mass is 804 g/mol. The summed E-state index contributed by atoms with van der Waals surface area (Å²) in [6, 6.07) is 64.4. The van der Waals surface area contributed by atoms with Crippen LogP contribution in [0.25, 0.3) is 102 Å². The zero-order valence-electron chi connectivity index (χ0n) is 33.1. The summed E-state index contributed by atoms with van der Waals surface area (Å²) in [4.78, 5) is 28.8. The summed E-state index contributed by atoms with van der Waals surface area (Å²) in [6.45, 7) is 0. The minimum absolute atomic E-state index is 0.220. The molecule has 0 fully saturated rings. The van der Waals surface area contributed by atoms with Crippen LogP contribution in [0.1, 0.15) is 0 Å². The molecule has 0 radical (unpaired) electrons. The minimum atomic E-state index is -0.459. The van der Waals surface area contributed by atoms with Crippen LogP contribution in [0.4, 0.5) is 8.78 Å². The number of hydrogen-bond donors (Lipinski definition) is 0. The highest BCUT2D eigenvalue weighted by Crippen LogP contribution is 2.41. The van der Waals surface area contributed by atoms with Crippen molar-refractivity contribution in [1.29, 1.82) is 0 Å². The highest BCUT2D eigenvalue weighted by atomic mass is 19.1. The van der Waals surface area contributed by atoms with Gasteiger partial charge in [0, 0.05) is 22.3 Å². The number of aromatic nitrogens is 6. The summed E-state index contributed by atoms with van der Waals surface area (Å²) in [5, 5.41) is 0. The van der Waals surface area contributed by atoms with Gasteiger partial charge in [-0.2, -0.15) is 0 Å². The Kier molecular flexibility index (Phi) is 10.2. The van der Waals surface area contributed by atoms with Gasteiger partial charge in [-0.15, -0.1) is 0 Å². The zero-order valence-corrected chi connectivity index (χ0v) is 33.1. The molecule has 6 nitrogen and oxygen atoms in total. The molecule has 62 heavy (non-hydrogen) atoms. The van der Waals surface area contributed by atoms with Gasteiger partial charge < -0.3 is 0 Å². The Bertz CT molecular complexity index is 2870. The second kappa shape index (κ2) is 16.7. The van der Waals surface area contributed by atoms with Gasteiger partial charge in [0.05, 0.1) is 11.1 Å². The molecular weight excluding hydrogens is 771 g/mol. The molecule has 0 saturated carbocycles. The zero-order chi connectivity index (χ0) is 41.8.